The highest BCUT2D eigenvalue weighted by Crippen LogP contribution is 2.35. The predicted octanol–water partition coefficient (Wildman–Crippen LogP) is -0.260. The molecule has 2 N–H and O–H groups in total. The second-order valence-electron chi connectivity index (χ2n) is 8.11. The first-order chi connectivity index (χ1) is 16.3. The van der Waals surface area contributed by atoms with Gasteiger partial charge in [-0.15, -0.1) is 0 Å². The SMILES string of the molecule is Cc1cc([N+](=O)[O-])cc(S(=O)(=O)N2CCN(CC(O)CO)CC2)c1N(CCBr)CCOS(C)(=O)=O. The van der Waals surface area contributed by atoms with Gasteiger partial charge in [-0.1, -0.05) is 15.9 Å². The number of nitro benzene ring substituents is 1. The van der Waals surface area contributed by atoms with Gasteiger partial charge in [0.05, 0.1) is 36.2 Å². The Morgan fingerprint density at radius 1 is 1.20 bits per heavy atom. The number of rotatable bonds is 13. The predicted molar refractivity (Wildman–Crippen MR) is 133 cm³/mol. The maximum Gasteiger partial charge on any atom is 0.271 e. The minimum atomic E-state index is -4.17. The number of hydrogen-bond donors (Lipinski definition) is 2. The summed E-state index contributed by atoms with van der Waals surface area (Å²) in [6, 6.07) is 2.30. The maximum absolute atomic E-state index is 13.7. The van der Waals surface area contributed by atoms with Gasteiger partial charge in [0.25, 0.3) is 15.8 Å². The average molecular weight is 604 g/mol. The third-order valence-electron chi connectivity index (χ3n) is 5.42. The Hall–Kier alpha value is -1.40. The van der Waals surface area contributed by atoms with E-state index < -0.39 is 37.8 Å². The van der Waals surface area contributed by atoms with E-state index in [9.17, 15) is 32.1 Å². The molecular weight excluding hydrogens is 572 g/mol. The molecule has 1 aliphatic rings. The van der Waals surface area contributed by atoms with Gasteiger partial charge >= 0.3 is 0 Å². The van der Waals surface area contributed by atoms with Crippen LogP contribution in [0, 0.1) is 17.0 Å². The number of aliphatic hydroxyl groups is 2. The summed E-state index contributed by atoms with van der Waals surface area (Å²) in [7, 11) is -7.88. The van der Waals surface area contributed by atoms with Crippen LogP contribution in [0.2, 0.25) is 0 Å². The zero-order valence-corrected chi connectivity index (χ0v) is 22.8. The lowest BCUT2D eigenvalue weighted by molar-refractivity contribution is -0.385. The Balaban J connectivity index is 2.44. The summed E-state index contributed by atoms with van der Waals surface area (Å²) in [5, 5.41) is 30.6. The van der Waals surface area contributed by atoms with E-state index in [2.05, 4.69) is 15.9 Å². The van der Waals surface area contributed by atoms with Gasteiger partial charge in [-0.05, 0) is 12.5 Å². The highest BCUT2D eigenvalue weighted by molar-refractivity contribution is 9.09. The van der Waals surface area contributed by atoms with Crippen molar-refractivity contribution < 1.29 is 36.2 Å². The van der Waals surface area contributed by atoms with Crippen molar-refractivity contribution in [1.82, 2.24) is 9.21 Å². The van der Waals surface area contributed by atoms with Gasteiger partial charge in [0.15, 0.2) is 0 Å². The first-order valence-corrected chi connectivity index (χ1v) is 15.1. The van der Waals surface area contributed by atoms with Crippen molar-refractivity contribution in [2.45, 2.75) is 17.9 Å². The van der Waals surface area contributed by atoms with E-state index in [1.54, 1.807) is 11.8 Å². The van der Waals surface area contributed by atoms with Gasteiger partial charge in [0, 0.05) is 63.3 Å². The fraction of sp³-hybridized carbons (Fsp3) is 0.684. The molecule has 0 aliphatic carbocycles. The number of aliphatic hydroxyl groups excluding tert-OH is 2. The lowest BCUT2D eigenvalue weighted by Crippen LogP contribution is -2.50. The number of nitrogens with zero attached hydrogens (tertiary/aromatic N) is 4. The summed E-state index contributed by atoms with van der Waals surface area (Å²) in [5.41, 5.74) is 0.216. The molecule has 0 bridgehead atoms. The van der Waals surface area contributed by atoms with Gasteiger partial charge in [0.1, 0.15) is 4.90 Å². The monoisotopic (exact) mass is 602 g/mol. The molecule has 1 aromatic carbocycles. The molecule has 0 radical (unpaired) electrons. The van der Waals surface area contributed by atoms with Gasteiger partial charge in [-0.3, -0.25) is 19.2 Å². The zero-order chi connectivity index (χ0) is 26.4. The maximum atomic E-state index is 13.7. The highest BCUT2D eigenvalue weighted by atomic mass is 79.9. The van der Waals surface area contributed by atoms with Gasteiger partial charge in [-0.2, -0.15) is 12.7 Å². The van der Waals surface area contributed by atoms with E-state index in [0.717, 1.165) is 12.3 Å². The van der Waals surface area contributed by atoms with Crippen molar-refractivity contribution in [1.29, 1.82) is 0 Å². The Labute approximate surface area is 213 Å². The van der Waals surface area contributed by atoms with Gasteiger partial charge in [0.2, 0.25) is 10.0 Å². The lowest BCUT2D eigenvalue weighted by Gasteiger charge is -2.36. The number of alkyl halides is 1. The van der Waals surface area contributed by atoms with Crippen LogP contribution in [0.25, 0.3) is 0 Å². The summed E-state index contributed by atoms with van der Waals surface area (Å²) < 4.78 is 56.2. The van der Waals surface area contributed by atoms with Crippen molar-refractivity contribution >= 4 is 47.4 Å². The molecule has 35 heavy (non-hydrogen) atoms. The molecule has 1 fully saturated rings. The van der Waals surface area contributed by atoms with E-state index in [-0.39, 0.29) is 49.1 Å². The average Bonchev–Trinajstić information content (AvgIpc) is 2.77. The highest BCUT2D eigenvalue weighted by Gasteiger charge is 2.34. The summed E-state index contributed by atoms with van der Waals surface area (Å²) in [4.78, 5) is 14.1. The molecule has 1 heterocycles. The van der Waals surface area contributed by atoms with Crippen molar-refractivity contribution in [3.63, 3.8) is 0 Å². The standard InChI is InChI=1S/C19H31BrN4O9S2/c1-15-11-16(24(27)28)12-18(19(15)22(4-3-20)9-10-33-34(2,29)30)35(31,32)23-7-5-21(6-8-23)13-17(26)14-25/h11-12,17,25-26H,3-10,13-14H2,1-2H3. The first-order valence-electron chi connectivity index (χ1n) is 10.8. The second kappa shape index (κ2) is 12.7. The summed E-state index contributed by atoms with van der Waals surface area (Å²) >= 11 is 3.31. The number of aryl methyl sites for hydroxylation is 1. The van der Waals surface area contributed by atoms with Crippen LogP contribution in [-0.2, 0) is 24.3 Å². The van der Waals surface area contributed by atoms with Crippen LogP contribution >= 0.6 is 15.9 Å². The van der Waals surface area contributed by atoms with Crippen molar-refractivity contribution in [3.8, 4) is 0 Å². The molecule has 1 unspecified atom stereocenters. The van der Waals surface area contributed by atoms with E-state index in [1.165, 1.54) is 10.4 Å². The van der Waals surface area contributed by atoms with Crippen LogP contribution in [0.15, 0.2) is 17.0 Å². The van der Waals surface area contributed by atoms with Crippen LogP contribution < -0.4 is 4.90 Å². The van der Waals surface area contributed by atoms with Crippen LogP contribution in [0.5, 0.6) is 0 Å². The molecule has 2 rings (SSSR count). The number of β-amino-alcohol motifs (C(OH)–C–C–N with tert-alkyl or cyclic N) is 1. The third-order valence-corrected chi connectivity index (χ3v) is 8.28. The molecule has 1 aromatic rings. The number of anilines is 1. The summed E-state index contributed by atoms with van der Waals surface area (Å²) in [6.45, 7) is 2.27. The number of sulfonamides is 1. The Morgan fingerprint density at radius 2 is 1.83 bits per heavy atom. The third kappa shape index (κ3) is 8.31. The molecule has 1 saturated heterocycles. The molecule has 0 spiro atoms. The minimum Gasteiger partial charge on any atom is -0.394 e. The van der Waals surface area contributed by atoms with Crippen LogP contribution in [0.4, 0.5) is 11.4 Å². The number of benzene rings is 1. The van der Waals surface area contributed by atoms with Crippen LogP contribution in [-0.4, -0.2) is 118 Å². The Morgan fingerprint density at radius 3 is 2.34 bits per heavy atom. The number of non-ortho nitro benzene ring substituents is 1. The summed E-state index contributed by atoms with van der Waals surface area (Å²) in [5.74, 6) is 0. The van der Waals surface area contributed by atoms with Crippen LogP contribution in [0.3, 0.4) is 0 Å². The normalized spacial score (nSPS) is 16.8. The quantitative estimate of drug-likeness (QED) is 0.132. The number of hydrogen-bond acceptors (Lipinski definition) is 11. The van der Waals surface area contributed by atoms with E-state index in [0.29, 0.717) is 30.5 Å². The molecule has 1 aliphatic heterocycles. The van der Waals surface area contributed by atoms with E-state index in [1.807, 2.05) is 4.90 Å². The number of piperazine rings is 1. The van der Waals surface area contributed by atoms with E-state index >= 15 is 0 Å². The lowest BCUT2D eigenvalue weighted by atomic mass is 10.1. The molecule has 200 valence electrons. The first kappa shape index (κ1) is 29.8. The summed E-state index contributed by atoms with van der Waals surface area (Å²) in [6.07, 6.45) is -0.0234. The molecule has 16 heteroatoms. The topological polar surface area (TPSA) is 171 Å². The van der Waals surface area contributed by atoms with Crippen molar-refractivity contribution in [2.75, 3.05) is 75.5 Å². The molecule has 13 nitrogen and oxygen atoms in total. The molecule has 1 atom stereocenters. The Bertz CT molecular complexity index is 1090. The van der Waals surface area contributed by atoms with Gasteiger partial charge in [-0.25, -0.2) is 8.42 Å². The minimum absolute atomic E-state index is 0.0344. The zero-order valence-electron chi connectivity index (χ0n) is 19.5. The second-order valence-corrected chi connectivity index (χ2v) is 12.5. The number of halogens is 1. The fourth-order valence-corrected chi connectivity index (χ4v) is 6.35. The molecule has 0 aromatic heterocycles. The molecule has 0 saturated carbocycles. The number of nitro groups is 1. The van der Waals surface area contributed by atoms with Crippen molar-refractivity contribution in [3.05, 3.63) is 27.8 Å². The molecular formula is C19H31BrN4O9S2. The van der Waals surface area contributed by atoms with Crippen LogP contribution in [0.1, 0.15) is 5.56 Å². The van der Waals surface area contributed by atoms with Gasteiger partial charge < -0.3 is 15.1 Å². The fourth-order valence-electron chi connectivity index (χ4n) is 3.82. The van der Waals surface area contributed by atoms with E-state index in [4.69, 9.17) is 9.29 Å². The largest absolute Gasteiger partial charge is 0.394 e. The Kier molecular flexibility index (Phi) is 10.8. The molecule has 0 amide bonds. The smallest absolute Gasteiger partial charge is 0.271 e. The van der Waals surface area contributed by atoms with Crippen molar-refractivity contribution in [2.24, 2.45) is 0 Å².